The van der Waals surface area contributed by atoms with Crippen LogP contribution in [-0.4, -0.2) is 58.6 Å². The summed E-state index contributed by atoms with van der Waals surface area (Å²) in [4.78, 5) is 15.6. The highest BCUT2D eigenvalue weighted by Gasteiger charge is 2.44. The van der Waals surface area contributed by atoms with E-state index in [1.807, 2.05) is 56.9 Å². The third-order valence-electron chi connectivity index (χ3n) is 6.87. The Kier molecular flexibility index (Phi) is 6.62. The maximum Gasteiger partial charge on any atom is 0.273 e. The van der Waals surface area contributed by atoms with E-state index in [2.05, 4.69) is 10.2 Å². The summed E-state index contributed by atoms with van der Waals surface area (Å²) in [5.41, 5.74) is 5.16. The van der Waals surface area contributed by atoms with Gasteiger partial charge >= 0.3 is 0 Å². The van der Waals surface area contributed by atoms with Crippen LogP contribution >= 0.6 is 0 Å². The number of nitrogens with zero attached hydrogens (tertiary/aromatic N) is 2. The molecule has 2 N–H and O–H groups in total. The number of aromatic hydroxyl groups is 1. The third kappa shape index (κ3) is 4.19. The van der Waals surface area contributed by atoms with E-state index in [0.29, 0.717) is 54.8 Å². The fourth-order valence-electron chi connectivity index (χ4n) is 5.42. The summed E-state index contributed by atoms with van der Waals surface area (Å²) in [5, 5.41) is 18.4. The number of aromatic amines is 1. The lowest BCUT2D eigenvalue weighted by atomic mass is 9.93. The lowest BCUT2D eigenvalue weighted by Gasteiger charge is -2.29. The molecule has 1 aromatic heterocycles. The smallest absolute Gasteiger partial charge is 0.273 e. The van der Waals surface area contributed by atoms with Gasteiger partial charge in [-0.3, -0.25) is 9.89 Å². The Morgan fingerprint density at radius 1 is 1.14 bits per heavy atom. The van der Waals surface area contributed by atoms with Crippen LogP contribution in [0.3, 0.4) is 0 Å². The van der Waals surface area contributed by atoms with Crippen molar-refractivity contribution in [2.75, 3.05) is 26.4 Å². The molecule has 1 amide bonds. The number of amides is 1. The predicted octanol–water partition coefficient (Wildman–Crippen LogP) is 4.92. The van der Waals surface area contributed by atoms with Crippen molar-refractivity contribution in [3.05, 3.63) is 58.3 Å². The van der Waals surface area contributed by atoms with Crippen LogP contribution in [0.4, 0.5) is 0 Å². The number of rotatable bonds is 8. The van der Waals surface area contributed by atoms with E-state index in [0.717, 1.165) is 35.1 Å². The first-order valence-electron chi connectivity index (χ1n) is 12.6. The van der Waals surface area contributed by atoms with Crippen LogP contribution in [0.25, 0.3) is 11.3 Å². The van der Waals surface area contributed by atoms with Crippen molar-refractivity contribution < 1.29 is 24.1 Å². The van der Waals surface area contributed by atoms with E-state index >= 15 is 0 Å². The SMILES string of the molecule is CCOc1ccc([C@@H]2c3c(-c4c(C)cc(C)cc4O)n[nH]c3C(=O)N2C[C@@H]2CCCO2)cc1OCC. The monoisotopic (exact) mass is 491 g/mol. The van der Waals surface area contributed by atoms with E-state index in [9.17, 15) is 9.90 Å². The first-order valence-corrected chi connectivity index (χ1v) is 12.6. The van der Waals surface area contributed by atoms with E-state index in [1.54, 1.807) is 6.07 Å². The minimum atomic E-state index is -0.416. The van der Waals surface area contributed by atoms with Crippen molar-refractivity contribution in [2.24, 2.45) is 0 Å². The number of ether oxygens (including phenoxy) is 3. The number of fused-ring (bicyclic) bond motifs is 1. The zero-order chi connectivity index (χ0) is 25.4. The zero-order valence-electron chi connectivity index (χ0n) is 21.3. The van der Waals surface area contributed by atoms with Gasteiger partial charge in [0.2, 0.25) is 0 Å². The molecule has 2 atom stereocenters. The van der Waals surface area contributed by atoms with Crippen molar-refractivity contribution in [3.8, 4) is 28.5 Å². The maximum absolute atomic E-state index is 13.7. The Bertz CT molecular complexity index is 1260. The number of hydrogen-bond acceptors (Lipinski definition) is 6. The highest BCUT2D eigenvalue weighted by atomic mass is 16.5. The quantitative estimate of drug-likeness (QED) is 0.464. The summed E-state index contributed by atoms with van der Waals surface area (Å²) in [5.74, 6) is 1.32. The average molecular weight is 492 g/mol. The zero-order valence-corrected chi connectivity index (χ0v) is 21.3. The number of aromatic nitrogens is 2. The van der Waals surface area contributed by atoms with Crippen LogP contribution in [0.1, 0.15) is 65.5 Å². The lowest BCUT2D eigenvalue weighted by Crippen LogP contribution is -2.36. The van der Waals surface area contributed by atoms with Gasteiger partial charge in [-0.15, -0.1) is 0 Å². The van der Waals surface area contributed by atoms with Crippen LogP contribution in [0.2, 0.25) is 0 Å². The molecule has 0 spiro atoms. The van der Waals surface area contributed by atoms with Crippen LogP contribution in [0.5, 0.6) is 17.2 Å². The van der Waals surface area contributed by atoms with Gasteiger partial charge in [0.05, 0.1) is 25.4 Å². The molecular formula is C28H33N3O5. The molecule has 190 valence electrons. The van der Waals surface area contributed by atoms with Gasteiger partial charge in [-0.25, -0.2) is 0 Å². The average Bonchev–Trinajstić information content (AvgIpc) is 3.55. The molecule has 0 aliphatic carbocycles. The second-order valence-electron chi connectivity index (χ2n) is 9.40. The number of carbonyl (C=O) groups is 1. The van der Waals surface area contributed by atoms with Gasteiger partial charge < -0.3 is 24.2 Å². The summed E-state index contributed by atoms with van der Waals surface area (Å²) in [6.07, 6.45) is 1.89. The summed E-state index contributed by atoms with van der Waals surface area (Å²) < 4.78 is 17.6. The number of hydrogen-bond donors (Lipinski definition) is 2. The number of carbonyl (C=O) groups excluding carboxylic acids is 1. The second kappa shape index (κ2) is 9.85. The molecular weight excluding hydrogens is 458 g/mol. The molecule has 2 aliphatic rings. The number of phenolic OH excluding ortho intramolecular Hbond substituents is 1. The Morgan fingerprint density at radius 3 is 2.61 bits per heavy atom. The largest absolute Gasteiger partial charge is 0.507 e. The van der Waals surface area contributed by atoms with Crippen LogP contribution in [0.15, 0.2) is 30.3 Å². The molecule has 0 radical (unpaired) electrons. The molecule has 3 heterocycles. The van der Waals surface area contributed by atoms with Gasteiger partial charge in [0.15, 0.2) is 11.5 Å². The molecule has 1 saturated heterocycles. The molecule has 3 aromatic rings. The lowest BCUT2D eigenvalue weighted by molar-refractivity contribution is 0.0495. The number of aryl methyl sites for hydroxylation is 2. The minimum Gasteiger partial charge on any atom is -0.507 e. The highest BCUT2D eigenvalue weighted by molar-refractivity contribution is 6.00. The first-order chi connectivity index (χ1) is 17.4. The summed E-state index contributed by atoms with van der Waals surface area (Å²) in [7, 11) is 0. The molecule has 0 unspecified atom stereocenters. The third-order valence-corrected chi connectivity index (χ3v) is 6.87. The van der Waals surface area contributed by atoms with Gasteiger partial charge in [0.25, 0.3) is 5.91 Å². The van der Waals surface area contributed by atoms with Crippen molar-refractivity contribution >= 4 is 5.91 Å². The number of phenols is 1. The fourth-order valence-corrected chi connectivity index (χ4v) is 5.42. The molecule has 1 fully saturated rings. The fraction of sp³-hybridized carbons (Fsp3) is 0.429. The molecule has 5 rings (SSSR count). The van der Waals surface area contributed by atoms with Crippen LogP contribution in [0, 0.1) is 13.8 Å². The maximum atomic E-state index is 13.7. The van der Waals surface area contributed by atoms with Gasteiger partial charge in [-0.1, -0.05) is 12.1 Å². The Morgan fingerprint density at radius 2 is 1.92 bits per heavy atom. The number of H-pyrrole nitrogens is 1. The van der Waals surface area contributed by atoms with Gasteiger partial charge in [-0.2, -0.15) is 5.10 Å². The number of nitrogens with one attached hydrogen (secondary N) is 1. The van der Waals surface area contributed by atoms with Crippen LogP contribution < -0.4 is 9.47 Å². The van der Waals surface area contributed by atoms with Crippen molar-refractivity contribution in [1.29, 1.82) is 0 Å². The predicted molar refractivity (Wildman–Crippen MR) is 136 cm³/mol. The molecule has 36 heavy (non-hydrogen) atoms. The van der Waals surface area contributed by atoms with E-state index in [-0.39, 0.29) is 17.8 Å². The number of benzene rings is 2. The second-order valence-corrected chi connectivity index (χ2v) is 9.40. The summed E-state index contributed by atoms with van der Waals surface area (Å²) in [6, 6.07) is 9.13. The molecule has 2 aliphatic heterocycles. The van der Waals surface area contributed by atoms with Crippen LogP contribution in [-0.2, 0) is 4.74 Å². The normalized spacial score (nSPS) is 19.1. The minimum absolute atomic E-state index is 0.0135. The Labute approximate surface area is 211 Å². The van der Waals surface area contributed by atoms with Gasteiger partial charge in [0, 0.05) is 24.3 Å². The molecule has 0 saturated carbocycles. The standard InChI is InChI=1S/C28H33N3O5/c1-5-34-21-10-9-18(14-22(21)35-6-2)27-24-25(23-17(4)12-16(3)13-20(23)32)29-30-26(24)28(33)31(27)15-19-8-7-11-36-19/h9-10,12-14,19,27,32H,5-8,11,15H2,1-4H3,(H,29,30)/t19-,27+/m0/s1. The van der Waals surface area contributed by atoms with Crippen molar-refractivity contribution in [3.63, 3.8) is 0 Å². The molecule has 0 bridgehead atoms. The Balaban J connectivity index is 1.66. The first kappa shape index (κ1) is 24.2. The van der Waals surface area contributed by atoms with Crippen molar-refractivity contribution in [1.82, 2.24) is 15.1 Å². The van der Waals surface area contributed by atoms with Gasteiger partial charge in [-0.05, 0) is 75.4 Å². The highest BCUT2D eigenvalue weighted by Crippen LogP contribution is 2.47. The topological polar surface area (TPSA) is 96.9 Å². The van der Waals surface area contributed by atoms with Gasteiger partial charge in [0.1, 0.15) is 17.1 Å². The van der Waals surface area contributed by atoms with E-state index < -0.39 is 6.04 Å². The summed E-state index contributed by atoms with van der Waals surface area (Å²) in [6.45, 7) is 9.95. The van der Waals surface area contributed by atoms with E-state index in [4.69, 9.17) is 14.2 Å². The van der Waals surface area contributed by atoms with Crippen molar-refractivity contribution in [2.45, 2.75) is 52.7 Å². The van der Waals surface area contributed by atoms with E-state index in [1.165, 1.54) is 0 Å². The molecule has 8 nitrogen and oxygen atoms in total. The molecule has 8 heteroatoms. The summed E-state index contributed by atoms with van der Waals surface area (Å²) >= 11 is 0. The Hall–Kier alpha value is -3.52. The molecule has 2 aromatic carbocycles.